The van der Waals surface area contributed by atoms with Crippen molar-refractivity contribution in [3.63, 3.8) is 0 Å². The molecule has 250 valence electrons. The van der Waals surface area contributed by atoms with Gasteiger partial charge in [0.05, 0.1) is 39.5 Å². The quantitative estimate of drug-likeness (QED) is 0.183. The number of ether oxygens (including phenoxy) is 3. The molecule has 3 atom stereocenters. The van der Waals surface area contributed by atoms with Crippen LogP contribution < -0.4 is 15.8 Å². The average Bonchev–Trinajstić information content (AvgIpc) is 3.06. The van der Waals surface area contributed by atoms with Crippen molar-refractivity contribution in [2.45, 2.75) is 89.6 Å². The second-order valence-corrected chi connectivity index (χ2v) is 10.7. The number of carbonyl (C=O) groups is 3. The molecule has 2 aromatic carbocycles. The number of nitrogens with zero attached hydrogens (tertiary/aromatic N) is 1. The van der Waals surface area contributed by atoms with Crippen LogP contribution in [0.15, 0.2) is 54.6 Å². The van der Waals surface area contributed by atoms with Gasteiger partial charge in [0.2, 0.25) is 11.8 Å². The van der Waals surface area contributed by atoms with Crippen LogP contribution >= 0.6 is 0 Å². The summed E-state index contributed by atoms with van der Waals surface area (Å²) in [6.45, 7) is 4.17. The maximum atomic E-state index is 14.1. The molecule has 4 N–H and O–H groups in total. The van der Waals surface area contributed by atoms with E-state index in [9.17, 15) is 19.5 Å². The van der Waals surface area contributed by atoms with Crippen molar-refractivity contribution >= 4 is 30.3 Å². The van der Waals surface area contributed by atoms with E-state index in [1.54, 1.807) is 13.2 Å². The first-order valence-electron chi connectivity index (χ1n) is 15.2. The highest BCUT2D eigenvalue weighted by Gasteiger charge is 2.30. The minimum atomic E-state index is -1.04. The summed E-state index contributed by atoms with van der Waals surface area (Å²) in [4.78, 5) is 40.1. The monoisotopic (exact) mass is 647 g/mol. The summed E-state index contributed by atoms with van der Waals surface area (Å²) in [5.41, 5.74) is 8.15. The normalized spacial score (nSPS) is 12.7. The number of aliphatic hydroxyl groups excluding tert-OH is 1. The predicted octanol–water partition coefficient (Wildman–Crippen LogP) is 3.04. The Hall–Kier alpha value is -3.45. The fraction of sp³-hybridized carbons (Fsp3) is 0.545. The molecule has 0 saturated heterocycles. The standard InChI is InChI=1S/C33H49N3O7.OS/c1-5-11-26(12-6-2)43-23-29(35-31(38)17-18-32(39)42-4)33(40)36(21-25-15-10-16-27(19-25)41-3)22-30(37)28(34)20-24-13-8-7-9-14-24;1-2/h7-10,13-16,19,26,28-30,37H,5-6,11-12,17-18,20-23,34H2,1-4H3,(H,35,38);/t28-,29?,30+;/m0./s1. The Morgan fingerprint density at radius 2 is 1.60 bits per heavy atom. The molecule has 2 amide bonds. The molecule has 0 saturated carbocycles. The van der Waals surface area contributed by atoms with Crippen molar-refractivity contribution < 1.29 is 37.9 Å². The third-order valence-corrected chi connectivity index (χ3v) is 7.17. The molecule has 0 aromatic heterocycles. The summed E-state index contributed by atoms with van der Waals surface area (Å²) >= 11 is 2.83. The Bertz CT molecular complexity index is 1130. The van der Waals surface area contributed by atoms with Crippen LogP contribution in [0, 0.1) is 0 Å². The maximum absolute atomic E-state index is 14.1. The lowest BCUT2D eigenvalue weighted by molar-refractivity contribution is -0.143. The zero-order valence-corrected chi connectivity index (χ0v) is 27.6. The van der Waals surface area contributed by atoms with E-state index in [0.717, 1.165) is 36.8 Å². The van der Waals surface area contributed by atoms with E-state index in [2.05, 4.69) is 36.4 Å². The number of benzene rings is 2. The van der Waals surface area contributed by atoms with Crippen LogP contribution in [0.1, 0.15) is 63.5 Å². The highest BCUT2D eigenvalue weighted by atomic mass is 32.1. The largest absolute Gasteiger partial charge is 0.497 e. The van der Waals surface area contributed by atoms with Gasteiger partial charge in [0.25, 0.3) is 0 Å². The van der Waals surface area contributed by atoms with E-state index in [1.807, 2.05) is 48.5 Å². The van der Waals surface area contributed by atoms with Gasteiger partial charge in [-0.3, -0.25) is 14.4 Å². The van der Waals surface area contributed by atoms with Crippen LogP contribution in [-0.2, 0) is 49.4 Å². The number of methoxy groups -OCH3 is 2. The Morgan fingerprint density at radius 3 is 2.20 bits per heavy atom. The summed E-state index contributed by atoms with van der Waals surface area (Å²) in [5.74, 6) is -0.788. The topological polar surface area (TPSA) is 157 Å². The smallest absolute Gasteiger partial charge is 0.306 e. The molecule has 12 heteroatoms. The van der Waals surface area contributed by atoms with Gasteiger partial charge in [-0.15, -0.1) is 0 Å². The van der Waals surface area contributed by atoms with Gasteiger partial charge in [0.15, 0.2) is 12.5 Å². The van der Waals surface area contributed by atoms with E-state index < -0.39 is 36.0 Å². The van der Waals surface area contributed by atoms with E-state index in [0.29, 0.717) is 12.2 Å². The van der Waals surface area contributed by atoms with Gasteiger partial charge < -0.3 is 35.3 Å². The van der Waals surface area contributed by atoms with Crippen molar-refractivity contribution in [1.82, 2.24) is 10.2 Å². The van der Waals surface area contributed by atoms with Gasteiger partial charge in [-0.25, -0.2) is 0 Å². The molecule has 1 unspecified atom stereocenters. The molecule has 0 spiro atoms. The van der Waals surface area contributed by atoms with Crippen LogP contribution in [-0.4, -0.2) is 83.7 Å². The van der Waals surface area contributed by atoms with Crippen molar-refractivity contribution in [3.8, 4) is 5.75 Å². The number of nitrogens with one attached hydrogen (secondary N) is 1. The van der Waals surface area contributed by atoms with Crippen LogP contribution in [0.3, 0.4) is 0 Å². The van der Waals surface area contributed by atoms with Gasteiger partial charge in [-0.05, 0) is 42.5 Å². The van der Waals surface area contributed by atoms with Crippen LogP contribution in [0.4, 0.5) is 0 Å². The lowest BCUT2D eigenvalue weighted by atomic mass is 10.0. The van der Waals surface area contributed by atoms with Crippen LogP contribution in [0.5, 0.6) is 5.75 Å². The molecule has 0 aliphatic rings. The number of aliphatic hydroxyl groups is 1. The second-order valence-electron chi connectivity index (χ2n) is 10.7. The molecule has 0 heterocycles. The number of rotatable bonds is 20. The minimum Gasteiger partial charge on any atom is -0.497 e. The van der Waals surface area contributed by atoms with Crippen molar-refractivity contribution in [3.05, 3.63) is 65.7 Å². The highest BCUT2D eigenvalue weighted by Crippen LogP contribution is 2.17. The van der Waals surface area contributed by atoms with Gasteiger partial charge in [0, 0.05) is 25.6 Å². The fourth-order valence-electron chi connectivity index (χ4n) is 4.77. The number of hydrogen-bond donors (Lipinski definition) is 3. The summed E-state index contributed by atoms with van der Waals surface area (Å²) in [6.07, 6.45) is 2.56. The predicted molar refractivity (Wildman–Crippen MR) is 173 cm³/mol. The van der Waals surface area contributed by atoms with Crippen molar-refractivity contribution in [2.24, 2.45) is 5.73 Å². The highest BCUT2D eigenvalue weighted by molar-refractivity contribution is 7.44. The second kappa shape index (κ2) is 23.0. The van der Waals surface area contributed by atoms with E-state index in [4.69, 9.17) is 19.4 Å². The SMILES string of the molecule is CCCC(CCC)OCC(NC(=O)CCC(=O)OC)C(=O)N(Cc1cccc(OC)c1)C[C@@H](O)[C@@H](N)Cc1ccccc1.O=S. The molecule has 45 heavy (non-hydrogen) atoms. The van der Waals surface area contributed by atoms with Gasteiger partial charge in [-0.2, -0.15) is 4.21 Å². The first-order chi connectivity index (χ1) is 21.7. The lowest BCUT2D eigenvalue weighted by Crippen LogP contribution is -2.54. The molecule has 2 aromatic rings. The summed E-state index contributed by atoms with van der Waals surface area (Å²) in [5, 5.41) is 13.9. The Morgan fingerprint density at radius 1 is 0.956 bits per heavy atom. The van der Waals surface area contributed by atoms with Crippen molar-refractivity contribution in [2.75, 3.05) is 27.4 Å². The first kappa shape index (κ1) is 39.6. The molecule has 0 radical (unpaired) electrons. The van der Waals surface area contributed by atoms with Gasteiger partial charge in [-0.1, -0.05) is 69.2 Å². The van der Waals surface area contributed by atoms with Gasteiger partial charge in [0.1, 0.15) is 11.8 Å². The average molecular weight is 648 g/mol. The number of amides is 2. The zero-order chi connectivity index (χ0) is 33.6. The van der Waals surface area contributed by atoms with Crippen molar-refractivity contribution in [1.29, 1.82) is 0 Å². The minimum absolute atomic E-state index is 0.0474. The Kier molecular flexibility index (Phi) is 20.2. The van der Waals surface area contributed by atoms with E-state index >= 15 is 0 Å². The lowest BCUT2D eigenvalue weighted by Gasteiger charge is -2.32. The number of hydrogen-bond acceptors (Lipinski definition) is 10. The summed E-state index contributed by atoms with van der Waals surface area (Å²) < 4.78 is 24.0. The number of nitrogens with two attached hydrogens (primary N) is 1. The molecule has 0 aliphatic carbocycles. The third kappa shape index (κ3) is 15.4. The van der Waals surface area contributed by atoms with Crippen LogP contribution in [0.2, 0.25) is 0 Å². The molecule has 0 bridgehead atoms. The molecular weight excluding hydrogens is 598 g/mol. The maximum Gasteiger partial charge on any atom is 0.306 e. The molecule has 2 rings (SSSR count). The summed E-state index contributed by atoms with van der Waals surface area (Å²) in [7, 11) is 2.82. The van der Waals surface area contributed by atoms with Crippen LogP contribution in [0.25, 0.3) is 0 Å². The molecule has 11 nitrogen and oxygen atoms in total. The Balaban J connectivity index is 0.00000496. The fourth-order valence-corrected chi connectivity index (χ4v) is 4.77. The molecule has 0 fully saturated rings. The van der Waals surface area contributed by atoms with E-state index in [-0.39, 0.29) is 38.6 Å². The van der Waals surface area contributed by atoms with E-state index in [1.165, 1.54) is 12.0 Å². The summed E-state index contributed by atoms with van der Waals surface area (Å²) in [6, 6.07) is 15.2. The molecular formula is C33H49N3O8S. The molecule has 0 aliphatic heterocycles. The van der Waals surface area contributed by atoms with Gasteiger partial charge >= 0.3 is 5.97 Å². The first-order valence-corrected chi connectivity index (χ1v) is 15.6. The third-order valence-electron chi connectivity index (χ3n) is 7.17. The number of carbonyl (C=O) groups excluding carboxylic acids is 3. The zero-order valence-electron chi connectivity index (χ0n) is 26.8. The number of esters is 1. The Labute approximate surface area is 272 Å².